The normalized spacial score (nSPS) is 15.9. The molecule has 2 aromatic carbocycles. The lowest BCUT2D eigenvalue weighted by molar-refractivity contribution is -0.131. The Morgan fingerprint density at radius 1 is 0.897 bits per heavy atom. The zero-order chi connectivity index (χ0) is 20.9. The first-order valence-corrected chi connectivity index (χ1v) is 10.1. The van der Waals surface area contributed by atoms with E-state index in [1.807, 2.05) is 60.5 Å². The summed E-state index contributed by atoms with van der Waals surface area (Å²) in [5.74, 6) is 0.115. The standard InChI is InChI=1S/C25H30N2O2/c1-25(2)15-22(14-23(28)16-25)27(18-21-12-8-5-9-13-21)24(29)19-26(3)17-20-10-6-4-7-11-20/h4-14H,15-19H2,1-3H3. The van der Waals surface area contributed by atoms with Gasteiger partial charge < -0.3 is 4.90 Å². The van der Waals surface area contributed by atoms with E-state index in [1.54, 1.807) is 11.0 Å². The molecular formula is C25H30N2O2. The Morgan fingerprint density at radius 2 is 1.45 bits per heavy atom. The number of benzene rings is 2. The Labute approximate surface area is 173 Å². The van der Waals surface area contributed by atoms with Crippen LogP contribution in [0.15, 0.2) is 72.4 Å². The summed E-state index contributed by atoms with van der Waals surface area (Å²) >= 11 is 0. The molecule has 1 amide bonds. The van der Waals surface area contributed by atoms with Gasteiger partial charge in [0.2, 0.25) is 5.91 Å². The first-order valence-electron chi connectivity index (χ1n) is 10.1. The molecule has 0 N–H and O–H groups in total. The highest BCUT2D eigenvalue weighted by Crippen LogP contribution is 2.35. The highest BCUT2D eigenvalue weighted by atomic mass is 16.2. The molecule has 0 saturated carbocycles. The van der Waals surface area contributed by atoms with E-state index in [9.17, 15) is 9.59 Å². The van der Waals surface area contributed by atoms with Gasteiger partial charge in [0.1, 0.15) is 0 Å². The number of hydrogen-bond acceptors (Lipinski definition) is 3. The number of nitrogens with zero attached hydrogens (tertiary/aromatic N) is 2. The number of allylic oxidation sites excluding steroid dienone is 2. The van der Waals surface area contributed by atoms with Crippen LogP contribution in [-0.4, -0.2) is 35.1 Å². The van der Waals surface area contributed by atoms with Crippen LogP contribution in [0.25, 0.3) is 0 Å². The second-order valence-corrected chi connectivity index (χ2v) is 8.74. The topological polar surface area (TPSA) is 40.6 Å². The fraction of sp³-hybridized carbons (Fsp3) is 0.360. The average molecular weight is 391 g/mol. The summed E-state index contributed by atoms with van der Waals surface area (Å²) in [5.41, 5.74) is 2.92. The summed E-state index contributed by atoms with van der Waals surface area (Å²) in [7, 11) is 1.95. The smallest absolute Gasteiger partial charge is 0.241 e. The van der Waals surface area contributed by atoms with Crippen LogP contribution in [0, 0.1) is 5.41 Å². The van der Waals surface area contributed by atoms with Crippen molar-refractivity contribution in [2.45, 2.75) is 39.8 Å². The minimum absolute atomic E-state index is 0.0176. The molecule has 4 heteroatoms. The van der Waals surface area contributed by atoms with Gasteiger partial charge in [0.05, 0.1) is 13.1 Å². The van der Waals surface area contributed by atoms with E-state index in [0.717, 1.165) is 17.7 Å². The van der Waals surface area contributed by atoms with Crippen LogP contribution in [0.1, 0.15) is 37.8 Å². The van der Waals surface area contributed by atoms with Crippen molar-refractivity contribution >= 4 is 11.7 Å². The van der Waals surface area contributed by atoms with Gasteiger partial charge in [-0.25, -0.2) is 0 Å². The van der Waals surface area contributed by atoms with Crippen molar-refractivity contribution in [1.82, 2.24) is 9.80 Å². The molecule has 0 saturated heterocycles. The second kappa shape index (κ2) is 9.19. The third-order valence-electron chi connectivity index (χ3n) is 5.17. The zero-order valence-corrected chi connectivity index (χ0v) is 17.6. The van der Waals surface area contributed by atoms with Gasteiger partial charge >= 0.3 is 0 Å². The monoisotopic (exact) mass is 390 g/mol. The zero-order valence-electron chi connectivity index (χ0n) is 17.6. The predicted molar refractivity (Wildman–Crippen MR) is 116 cm³/mol. The van der Waals surface area contributed by atoms with E-state index < -0.39 is 0 Å². The molecule has 2 aromatic rings. The number of carbonyl (C=O) groups is 2. The molecule has 0 aliphatic heterocycles. The minimum atomic E-state index is -0.133. The SMILES string of the molecule is CN(CC(=O)N(Cc1ccccc1)C1=CC(=O)CC(C)(C)C1)Cc1ccccc1. The summed E-state index contributed by atoms with van der Waals surface area (Å²) in [6.07, 6.45) is 2.92. The lowest BCUT2D eigenvalue weighted by Crippen LogP contribution is -2.40. The summed E-state index contributed by atoms with van der Waals surface area (Å²) in [4.78, 5) is 29.4. The Balaban J connectivity index is 1.78. The summed E-state index contributed by atoms with van der Waals surface area (Å²) in [6, 6.07) is 20.1. The molecule has 0 spiro atoms. The largest absolute Gasteiger partial charge is 0.311 e. The van der Waals surface area contributed by atoms with Crippen molar-refractivity contribution in [2.75, 3.05) is 13.6 Å². The first-order chi connectivity index (χ1) is 13.8. The number of likely N-dealkylation sites (N-methyl/N-ethyl adjacent to an activating group) is 1. The molecule has 4 nitrogen and oxygen atoms in total. The van der Waals surface area contributed by atoms with Crippen LogP contribution in [0.4, 0.5) is 0 Å². The summed E-state index contributed by atoms with van der Waals surface area (Å²) in [6.45, 7) is 5.66. The molecule has 1 aliphatic rings. The average Bonchev–Trinajstić information content (AvgIpc) is 2.66. The van der Waals surface area contributed by atoms with Crippen molar-refractivity contribution in [3.8, 4) is 0 Å². The fourth-order valence-corrected chi connectivity index (χ4v) is 3.87. The third kappa shape index (κ3) is 6.13. The Hall–Kier alpha value is -2.72. The van der Waals surface area contributed by atoms with Gasteiger partial charge in [0.25, 0.3) is 0 Å². The maximum absolute atomic E-state index is 13.3. The number of rotatable bonds is 7. The molecule has 0 fully saturated rings. The van der Waals surface area contributed by atoms with Gasteiger partial charge in [0, 0.05) is 24.7 Å². The van der Waals surface area contributed by atoms with Crippen LogP contribution in [0.2, 0.25) is 0 Å². The lowest BCUT2D eigenvalue weighted by atomic mass is 9.78. The third-order valence-corrected chi connectivity index (χ3v) is 5.17. The van der Waals surface area contributed by atoms with E-state index in [-0.39, 0.29) is 17.1 Å². The van der Waals surface area contributed by atoms with E-state index in [0.29, 0.717) is 26.1 Å². The molecule has 152 valence electrons. The molecule has 0 unspecified atom stereocenters. The number of carbonyl (C=O) groups excluding carboxylic acids is 2. The number of hydrogen-bond donors (Lipinski definition) is 0. The van der Waals surface area contributed by atoms with Crippen molar-refractivity contribution < 1.29 is 9.59 Å². The maximum Gasteiger partial charge on any atom is 0.241 e. The predicted octanol–water partition coefficient (Wildman–Crippen LogP) is 4.42. The molecule has 3 rings (SSSR count). The highest BCUT2D eigenvalue weighted by molar-refractivity contribution is 5.93. The van der Waals surface area contributed by atoms with Crippen molar-refractivity contribution in [2.24, 2.45) is 5.41 Å². The lowest BCUT2D eigenvalue weighted by Gasteiger charge is -2.35. The quantitative estimate of drug-likeness (QED) is 0.703. The molecule has 29 heavy (non-hydrogen) atoms. The van der Waals surface area contributed by atoms with E-state index in [4.69, 9.17) is 0 Å². The number of amides is 1. The maximum atomic E-state index is 13.3. The molecule has 0 heterocycles. The van der Waals surface area contributed by atoms with Crippen LogP contribution in [-0.2, 0) is 22.7 Å². The van der Waals surface area contributed by atoms with Crippen LogP contribution < -0.4 is 0 Å². The first kappa shape index (κ1) is 21.0. The van der Waals surface area contributed by atoms with Gasteiger partial charge in [-0.3, -0.25) is 14.5 Å². The minimum Gasteiger partial charge on any atom is -0.311 e. The van der Waals surface area contributed by atoms with E-state index in [1.165, 1.54) is 5.56 Å². The van der Waals surface area contributed by atoms with Gasteiger partial charge in [-0.1, -0.05) is 74.5 Å². The Kier molecular flexibility index (Phi) is 6.65. The summed E-state index contributed by atoms with van der Waals surface area (Å²) < 4.78 is 0. The molecule has 0 radical (unpaired) electrons. The van der Waals surface area contributed by atoms with Gasteiger partial charge in [0.15, 0.2) is 5.78 Å². The summed E-state index contributed by atoms with van der Waals surface area (Å²) in [5, 5.41) is 0. The number of ketones is 1. The molecule has 0 atom stereocenters. The van der Waals surface area contributed by atoms with E-state index in [2.05, 4.69) is 26.0 Å². The van der Waals surface area contributed by atoms with Gasteiger partial charge in [-0.15, -0.1) is 0 Å². The fourth-order valence-electron chi connectivity index (χ4n) is 3.87. The van der Waals surface area contributed by atoms with Crippen molar-refractivity contribution in [3.05, 3.63) is 83.6 Å². The van der Waals surface area contributed by atoms with Crippen LogP contribution in [0.3, 0.4) is 0 Å². The Bertz CT molecular complexity index is 872. The highest BCUT2D eigenvalue weighted by Gasteiger charge is 2.32. The molecule has 0 aromatic heterocycles. The van der Waals surface area contributed by atoms with Crippen molar-refractivity contribution in [3.63, 3.8) is 0 Å². The molecule has 0 bridgehead atoms. The van der Waals surface area contributed by atoms with Crippen molar-refractivity contribution in [1.29, 1.82) is 0 Å². The molecular weight excluding hydrogens is 360 g/mol. The second-order valence-electron chi connectivity index (χ2n) is 8.74. The van der Waals surface area contributed by atoms with Gasteiger partial charge in [-0.2, -0.15) is 0 Å². The van der Waals surface area contributed by atoms with Gasteiger partial charge in [-0.05, 0) is 30.0 Å². The van der Waals surface area contributed by atoms with Crippen LogP contribution >= 0.6 is 0 Å². The Morgan fingerprint density at radius 3 is 2.00 bits per heavy atom. The van der Waals surface area contributed by atoms with E-state index >= 15 is 0 Å². The van der Waals surface area contributed by atoms with Crippen LogP contribution in [0.5, 0.6) is 0 Å². The molecule has 1 aliphatic carbocycles.